The van der Waals surface area contributed by atoms with Crippen LogP contribution < -0.4 is 14.8 Å². The molecule has 0 saturated carbocycles. The van der Waals surface area contributed by atoms with E-state index in [9.17, 15) is 10.1 Å². The van der Waals surface area contributed by atoms with Crippen LogP contribution >= 0.6 is 50.1 Å². The van der Waals surface area contributed by atoms with E-state index in [1.54, 1.807) is 24.3 Å². The molecule has 162 valence electrons. The third kappa shape index (κ3) is 6.25. The van der Waals surface area contributed by atoms with Gasteiger partial charge in [0.2, 0.25) is 0 Å². The standard InChI is InChI=1S/C24H17BrClIN2O3/c1-31-22-11-15(9-17(13-28)24(30)29-19-7-4-6-18(27)12-19)10-20(25)23(22)32-14-16-5-2-3-8-21(16)26/h2-12H,14H2,1H3,(H,29,30)/b17-9+. The van der Waals surface area contributed by atoms with Gasteiger partial charge in [-0.1, -0.05) is 35.9 Å². The molecule has 5 nitrogen and oxygen atoms in total. The molecule has 0 radical (unpaired) electrons. The van der Waals surface area contributed by atoms with Crippen molar-refractivity contribution >= 4 is 67.8 Å². The predicted octanol–water partition coefficient (Wildman–Crippen LogP) is 6.84. The molecule has 0 spiro atoms. The monoisotopic (exact) mass is 622 g/mol. The third-order valence-corrected chi connectivity index (χ3v) is 5.97. The first-order chi connectivity index (χ1) is 15.4. The zero-order valence-corrected chi connectivity index (χ0v) is 21.4. The minimum atomic E-state index is -0.497. The molecule has 3 aromatic rings. The van der Waals surface area contributed by atoms with Crippen LogP contribution in [0.3, 0.4) is 0 Å². The number of carbonyl (C=O) groups is 1. The first-order valence-corrected chi connectivity index (χ1v) is 11.6. The second-order valence-electron chi connectivity index (χ2n) is 6.55. The summed E-state index contributed by atoms with van der Waals surface area (Å²) >= 11 is 11.8. The second-order valence-corrected chi connectivity index (χ2v) is 9.06. The summed E-state index contributed by atoms with van der Waals surface area (Å²) in [5, 5.41) is 12.9. The highest BCUT2D eigenvalue weighted by Crippen LogP contribution is 2.38. The van der Waals surface area contributed by atoms with Crippen LogP contribution in [0.1, 0.15) is 11.1 Å². The van der Waals surface area contributed by atoms with Crippen molar-refractivity contribution in [1.29, 1.82) is 5.26 Å². The normalized spacial score (nSPS) is 10.9. The average Bonchev–Trinajstić information content (AvgIpc) is 2.77. The first kappa shape index (κ1) is 24.1. The minimum absolute atomic E-state index is 0.0393. The van der Waals surface area contributed by atoms with Gasteiger partial charge >= 0.3 is 0 Å². The molecular weight excluding hydrogens is 607 g/mol. The Morgan fingerprint density at radius 3 is 2.69 bits per heavy atom. The van der Waals surface area contributed by atoms with Gasteiger partial charge in [0.1, 0.15) is 18.2 Å². The van der Waals surface area contributed by atoms with Crippen molar-refractivity contribution in [2.24, 2.45) is 0 Å². The number of halogens is 3. The molecule has 3 aromatic carbocycles. The number of nitrogens with zero attached hydrogens (tertiary/aromatic N) is 1. The number of hydrogen-bond acceptors (Lipinski definition) is 4. The molecule has 32 heavy (non-hydrogen) atoms. The molecule has 0 heterocycles. The van der Waals surface area contributed by atoms with Crippen molar-refractivity contribution in [2.45, 2.75) is 6.61 Å². The summed E-state index contributed by atoms with van der Waals surface area (Å²) in [6.45, 7) is 0.256. The Bertz CT molecular complexity index is 1220. The van der Waals surface area contributed by atoms with Gasteiger partial charge in [0.15, 0.2) is 11.5 Å². The number of rotatable bonds is 7. The van der Waals surface area contributed by atoms with Crippen LogP contribution in [-0.4, -0.2) is 13.0 Å². The number of ether oxygens (including phenoxy) is 2. The van der Waals surface area contributed by atoms with Crippen LogP contribution in [0.15, 0.2) is 70.7 Å². The Hall–Kier alpha value is -2.54. The zero-order valence-electron chi connectivity index (χ0n) is 16.9. The maximum atomic E-state index is 12.6. The number of carbonyl (C=O) groups excluding carboxylic acids is 1. The van der Waals surface area contributed by atoms with Crippen molar-refractivity contribution in [2.75, 3.05) is 12.4 Å². The summed E-state index contributed by atoms with van der Waals surface area (Å²) in [7, 11) is 1.52. The van der Waals surface area contributed by atoms with E-state index >= 15 is 0 Å². The summed E-state index contributed by atoms with van der Waals surface area (Å²) < 4.78 is 13.0. The fraction of sp³-hybridized carbons (Fsp3) is 0.0833. The highest BCUT2D eigenvalue weighted by atomic mass is 127. The van der Waals surface area contributed by atoms with Gasteiger partial charge in [-0.05, 0) is 86.6 Å². The highest BCUT2D eigenvalue weighted by Gasteiger charge is 2.15. The lowest BCUT2D eigenvalue weighted by Crippen LogP contribution is -2.13. The molecule has 8 heteroatoms. The lowest BCUT2D eigenvalue weighted by molar-refractivity contribution is -0.112. The lowest BCUT2D eigenvalue weighted by atomic mass is 10.1. The van der Waals surface area contributed by atoms with Gasteiger partial charge in [0.05, 0.1) is 11.6 Å². The van der Waals surface area contributed by atoms with E-state index in [2.05, 4.69) is 43.8 Å². The van der Waals surface area contributed by atoms with E-state index in [1.807, 2.05) is 42.5 Å². The van der Waals surface area contributed by atoms with E-state index in [4.69, 9.17) is 21.1 Å². The van der Waals surface area contributed by atoms with Crippen molar-refractivity contribution in [3.05, 3.63) is 90.4 Å². The number of nitrogens with one attached hydrogen (secondary N) is 1. The van der Waals surface area contributed by atoms with E-state index in [0.29, 0.717) is 32.2 Å². The molecule has 0 fully saturated rings. The van der Waals surface area contributed by atoms with E-state index in [0.717, 1.165) is 9.13 Å². The second kappa shape index (κ2) is 11.4. The number of nitriles is 1. The molecule has 0 saturated heterocycles. The molecule has 1 N–H and O–H groups in total. The summed E-state index contributed by atoms with van der Waals surface area (Å²) in [5.74, 6) is 0.447. The molecule has 0 aliphatic rings. The van der Waals surface area contributed by atoms with Crippen LogP contribution in [0.4, 0.5) is 5.69 Å². The SMILES string of the molecule is COc1cc(/C=C(\C#N)C(=O)Nc2cccc(I)c2)cc(Br)c1OCc1ccccc1Cl. The van der Waals surface area contributed by atoms with Crippen LogP contribution in [0, 0.1) is 14.9 Å². The van der Waals surface area contributed by atoms with E-state index < -0.39 is 5.91 Å². The number of benzene rings is 3. The molecular formula is C24H17BrClIN2O3. The van der Waals surface area contributed by atoms with Gasteiger partial charge in [0.25, 0.3) is 5.91 Å². The van der Waals surface area contributed by atoms with Crippen molar-refractivity contribution < 1.29 is 14.3 Å². The molecule has 0 aliphatic carbocycles. The topological polar surface area (TPSA) is 71.3 Å². The minimum Gasteiger partial charge on any atom is -0.493 e. The first-order valence-electron chi connectivity index (χ1n) is 9.33. The van der Waals surface area contributed by atoms with Crippen molar-refractivity contribution in [1.82, 2.24) is 0 Å². The van der Waals surface area contributed by atoms with Crippen LogP contribution in [0.25, 0.3) is 6.08 Å². The highest BCUT2D eigenvalue weighted by molar-refractivity contribution is 14.1. The fourth-order valence-electron chi connectivity index (χ4n) is 2.81. The molecule has 0 aromatic heterocycles. The average molecular weight is 624 g/mol. The number of hydrogen-bond donors (Lipinski definition) is 1. The molecule has 0 unspecified atom stereocenters. The van der Waals surface area contributed by atoms with E-state index in [-0.39, 0.29) is 12.2 Å². The van der Waals surface area contributed by atoms with Crippen molar-refractivity contribution in [3.8, 4) is 17.6 Å². The van der Waals surface area contributed by atoms with Crippen LogP contribution in [0.2, 0.25) is 5.02 Å². The fourth-order valence-corrected chi connectivity index (χ4v) is 4.12. The maximum Gasteiger partial charge on any atom is 0.266 e. The van der Waals surface area contributed by atoms with Gasteiger partial charge in [-0.2, -0.15) is 5.26 Å². The largest absolute Gasteiger partial charge is 0.493 e. The number of methoxy groups -OCH3 is 1. The summed E-state index contributed by atoms with van der Waals surface area (Å²) in [6, 6.07) is 20.1. The Morgan fingerprint density at radius 2 is 2.00 bits per heavy atom. The smallest absolute Gasteiger partial charge is 0.266 e. The summed E-state index contributed by atoms with van der Waals surface area (Å²) in [5.41, 5.74) is 2.02. The number of amides is 1. The van der Waals surface area contributed by atoms with Gasteiger partial charge in [-0.15, -0.1) is 0 Å². The van der Waals surface area contributed by atoms with Gasteiger partial charge in [0, 0.05) is 19.8 Å². The Kier molecular flexibility index (Phi) is 8.56. The summed E-state index contributed by atoms with van der Waals surface area (Å²) in [4.78, 5) is 12.6. The van der Waals surface area contributed by atoms with Gasteiger partial charge < -0.3 is 14.8 Å². The quantitative estimate of drug-likeness (QED) is 0.178. The molecule has 0 bridgehead atoms. The summed E-state index contributed by atoms with van der Waals surface area (Å²) in [6.07, 6.45) is 1.49. The molecule has 3 rings (SSSR count). The van der Waals surface area contributed by atoms with Crippen LogP contribution in [-0.2, 0) is 11.4 Å². The Balaban J connectivity index is 1.83. The number of anilines is 1. The lowest BCUT2D eigenvalue weighted by Gasteiger charge is -2.14. The molecule has 0 aliphatic heterocycles. The molecule has 0 atom stereocenters. The van der Waals surface area contributed by atoms with Gasteiger partial charge in [-0.3, -0.25) is 4.79 Å². The van der Waals surface area contributed by atoms with Crippen molar-refractivity contribution in [3.63, 3.8) is 0 Å². The predicted molar refractivity (Wildman–Crippen MR) is 138 cm³/mol. The zero-order chi connectivity index (χ0) is 23.1. The third-order valence-electron chi connectivity index (χ3n) is 4.34. The Morgan fingerprint density at radius 1 is 1.22 bits per heavy atom. The van der Waals surface area contributed by atoms with E-state index in [1.165, 1.54) is 13.2 Å². The Labute approximate surface area is 213 Å². The van der Waals surface area contributed by atoms with Gasteiger partial charge in [-0.25, -0.2) is 0 Å². The maximum absolute atomic E-state index is 12.6. The van der Waals surface area contributed by atoms with Crippen LogP contribution in [0.5, 0.6) is 11.5 Å². The molecule has 1 amide bonds.